The van der Waals surface area contributed by atoms with Crippen LogP contribution in [0.2, 0.25) is 0 Å². The van der Waals surface area contributed by atoms with Crippen molar-refractivity contribution in [2.45, 2.75) is 13.5 Å². The van der Waals surface area contributed by atoms with E-state index in [1.807, 2.05) is 0 Å². The molecule has 2 aromatic rings. The van der Waals surface area contributed by atoms with E-state index in [4.69, 9.17) is 0 Å². The molecule has 22 heavy (non-hydrogen) atoms. The number of aliphatic hydroxyl groups excluding tert-OH is 1. The number of phenolic OH excluding ortho intramolecular Hbond substituents is 1. The van der Waals surface area contributed by atoms with Crippen LogP contribution in [0.15, 0.2) is 18.2 Å². The number of hydrogen-bond donors (Lipinski definition) is 4. The van der Waals surface area contributed by atoms with Crippen LogP contribution in [0.1, 0.15) is 43.0 Å². The maximum Gasteiger partial charge on any atom is 0.201 e. The number of aliphatic hydroxyl groups is 1. The van der Waals surface area contributed by atoms with Crippen LogP contribution in [-0.4, -0.2) is 32.0 Å². The molecule has 112 valence electrons. The number of hydrogen-bond acceptors (Lipinski definition) is 6. The molecular formula is C16H12O6. The summed E-state index contributed by atoms with van der Waals surface area (Å²) >= 11 is 0. The lowest BCUT2D eigenvalue weighted by molar-refractivity contribution is 0.0973. The van der Waals surface area contributed by atoms with E-state index in [-0.39, 0.29) is 33.6 Å². The molecule has 0 aromatic heterocycles. The van der Waals surface area contributed by atoms with E-state index in [1.165, 1.54) is 12.1 Å². The predicted molar refractivity (Wildman–Crippen MR) is 75.4 cm³/mol. The summed E-state index contributed by atoms with van der Waals surface area (Å²) in [5.74, 6) is -2.79. The van der Waals surface area contributed by atoms with Gasteiger partial charge in [-0.25, -0.2) is 0 Å². The topological polar surface area (TPSA) is 115 Å². The summed E-state index contributed by atoms with van der Waals surface area (Å²) in [6.07, 6.45) is 0. The molecule has 6 heteroatoms. The van der Waals surface area contributed by atoms with E-state index < -0.39 is 29.7 Å². The van der Waals surface area contributed by atoms with Crippen molar-refractivity contribution in [1.29, 1.82) is 0 Å². The van der Waals surface area contributed by atoms with E-state index in [0.717, 1.165) is 6.07 Å². The fraction of sp³-hybridized carbons (Fsp3) is 0.125. The van der Waals surface area contributed by atoms with Crippen molar-refractivity contribution in [3.05, 3.63) is 51.6 Å². The molecule has 4 N–H and O–H groups in total. The smallest absolute Gasteiger partial charge is 0.201 e. The van der Waals surface area contributed by atoms with Gasteiger partial charge in [0.1, 0.15) is 17.2 Å². The molecule has 3 rings (SSSR count). The third-order valence-electron chi connectivity index (χ3n) is 3.75. The second-order valence-corrected chi connectivity index (χ2v) is 5.17. The van der Waals surface area contributed by atoms with Crippen LogP contribution in [0.3, 0.4) is 0 Å². The average Bonchev–Trinajstić information content (AvgIpc) is 2.43. The van der Waals surface area contributed by atoms with Crippen LogP contribution in [0.4, 0.5) is 0 Å². The normalized spacial score (nSPS) is 13.0. The SMILES string of the molecule is Cc1cc(O)c2c(c1)C(=O)c1cc(O)c(CO)c(O)c1C2=O. The van der Waals surface area contributed by atoms with E-state index in [1.54, 1.807) is 6.92 Å². The Balaban J connectivity index is 2.39. The zero-order chi connectivity index (χ0) is 16.2. The molecule has 0 amide bonds. The molecule has 0 atom stereocenters. The predicted octanol–water partition coefficient (Wildman–Crippen LogP) is 1.38. The van der Waals surface area contributed by atoms with Crippen molar-refractivity contribution in [3.63, 3.8) is 0 Å². The van der Waals surface area contributed by atoms with Gasteiger partial charge in [-0.15, -0.1) is 0 Å². The van der Waals surface area contributed by atoms with Crippen molar-refractivity contribution < 1.29 is 30.0 Å². The lowest BCUT2D eigenvalue weighted by Crippen LogP contribution is -2.22. The number of phenols is 3. The molecule has 0 saturated carbocycles. The first kappa shape index (κ1) is 14.1. The molecule has 0 saturated heterocycles. The highest BCUT2D eigenvalue weighted by atomic mass is 16.3. The third kappa shape index (κ3) is 1.71. The highest BCUT2D eigenvalue weighted by Gasteiger charge is 2.36. The van der Waals surface area contributed by atoms with Gasteiger partial charge in [-0.3, -0.25) is 9.59 Å². The Kier molecular flexibility index (Phi) is 2.93. The van der Waals surface area contributed by atoms with Crippen LogP contribution in [0, 0.1) is 6.92 Å². The largest absolute Gasteiger partial charge is 0.507 e. The minimum atomic E-state index is -0.727. The quantitative estimate of drug-likeness (QED) is 0.539. The Bertz CT molecular complexity index is 850. The second kappa shape index (κ2) is 4.57. The standard InChI is InChI=1S/C16H12O6/c1-6-2-7-12(11(19)3-6)16(22)13-8(14(7)20)4-10(18)9(5-17)15(13)21/h2-4,17-19,21H,5H2,1H3. The summed E-state index contributed by atoms with van der Waals surface area (Å²) in [7, 11) is 0. The molecule has 0 unspecified atom stereocenters. The van der Waals surface area contributed by atoms with E-state index in [2.05, 4.69) is 0 Å². The summed E-state index contributed by atoms with van der Waals surface area (Å²) in [6, 6.07) is 3.86. The summed E-state index contributed by atoms with van der Waals surface area (Å²) in [6.45, 7) is 0.968. The Morgan fingerprint density at radius 2 is 1.50 bits per heavy atom. The summed E-state index contributed by atoms with van der Waals surface area (Å²) in [5, 5.41) is 39.0. The van der Waals surface area contributed by atoms with Crippen molar-refractivity contribution in [1.82, 2.24) is 0 Å². The number of carbonyl (C=O) groups excluding carboxylic acids is 2. The van der Waals surface area contributed by atoms with Gasteiger partial charge in [0.05, 0.1) is 23.3 Å². The number of ketones is 2. The monoisotopic (exact) mass is 300 g/mol. The first-order chi connectivity index (χ1) is 10.4. The van der Waals surface area contributed by atoms with Gasteiger partial charge < -0.3 is 20.4 Å². The Morgan fingerprint density at radius 3 is 2.14 bits per heavy atom. The molecule has 1 aliphatic carbocycles. The van der Waals surface area contributed by atoms with Gasteiger partial charge in [-0.1, -0.05) is 0 Å². The molecular weight excluding hydrogens is 288 g/mol. The van der Waals surface area contributed by atoms with Crippen LogP contribution < -0.4 is 0 Å². The number of carbonyl (C=O) groups is 2. The number of rotatable bonds is 1. The maximum absolute atomic E-state index is 12.6. The molecule has 0 heterocycles. The zero-order valence-corrected chi connectivity index (χ0v) is 11.5. The fourth-order valence-electron chi connectivity index (χ4n) is 2.72. The zero-order valence-electron chi connectivity index (χ0n) is 11.5. The van der Waals surface area contributed by atoms with E-state index in [0.29, 0.717) is 5.56 Å². The molecule has 6 nitrogen and oxygen atoms in total. The van der Waals surface area contributed by atoms with Crippen molar-refractivity contribution in [2.24, 2.45) is 0 Å². The van der Waals surface area contributed by atoms with Crippen LogP contribution in [0.5, 0.6) is 17.2 Å². The highest BCUT2D eigenvalue weighted by molar-refractivity contribution is 6.30. The molecule has 1 aliphatic rings. The fourth-order valence-corrected chi connectivity index (χ4v) is 2.72. The van der Waals surface area contributed by atoms with Crippen LogP contribution in [0.25, 0.3) is 0 Å². The van der Waals surface area contributed by atoms with Gasteiger partial charge >= 0.3 is 0 Å². The lowest BCUT2D eigenvalue weighted by Gasteiger charge is -2.21. The highest BCUT2D eigenvalue weighted by Crippen LogP contribution is 2.41. The van der Waals surface area contributed by atoms with E-state index in [9.17, 15) is 30.0 Å². The molecule has 0 bridgehead atoms. The van der Waals surface area contributed by atoms with Gasteiger partial charge in [0.15, 0.2) is 5.78 Å². The molecule has 0 aliphatic heterocycles. The first-order valence-corrected chi connectivity index (χ1v) is 6.48. The molecule has 0 fully saturated rings. The first-order valence-electron chi connectivity index (χ1n) is 6.48. The minimum Gasteiger partial charge on any atom is -0.507 e. The summed E-state index contributed by atoms with van der Waals surface area (Å²) < 4.78 is 0. The second-order valence-electron chi connectivity index (χ2n) is 5.17. The van der Waals surface area contributed by atoms with Crippen molar-refractivity contribution in [3.8, 4) is 17.2 Å². The van der Waals surface area contributed by atoms with Gasteiger partial charge in [0, 0.05) is 11.1 Å². The number of aromatic hydroxyl groups is 3. The Morgan fingerprint density at radius 1 is 0.864 bits per heavy atom. The Hall–Kier alpha value is -2.86. The molecule has 0 radical (unpaired) electrons. The number of benzene rings is 2. The Labute approximate surface area is 124 Å². The summed E-state index contributed by atoms with van der Waals surface area (Å²) in [4.78, 5) is 25.1. The van der Waals surface area contributed by atoms with Crippen molar-refractivity contribution >= 4 is 11.6 Å². The van der Waals surface area contributed by atoms with Gasteiger partial charge in [0.25, 0.3) is 0 Å². The summed E-state index contributed by atoms with van der Waals surface area (Å²) in [5.41, 5.74) is -0.289. The maximum atomic E-state index is 12.6. The number of aryl methyl sites for hydroxylation is 1. The van der Waals surface area contributed by atoms with Gasteiger partial charge in [0.2, 0.25) is 5.78 Å². The van der Waals surface area contributed by atoms with Crippen LogP contribution >= 0.6 is 0 Å². The number of fused-ring (bicyclic) bond motifs is 2. The molecule has 2 aromatic carbocycles. The van der Waals surface area contributed by atoms with Gasteiger partial charge in [-0.05, 0) is 30.7 Å². The van der Waals surface area contributed by atoms with Gasteiger partial charge in [-0.2, -0.15) is 0 Å². The third-order valence-corrected chi connectivity index (χ3v) is 3.75. The minimum absolute atomic E-state index is 0.0190. The van der Waals surface area contributed by atoms with Crippen molar-refractivity contribution in [2.75, 3.05) is 0 Å². The van der Waals surface area contributed by atoms with E-state index >= 15 is 0 Å². The lowest BCUT2D eigenvalue weighted by atomic mass is 9.81. The molecule has 0 spiro atoms. The average molecular weight is 300 g/mol. The van der Waals surface area contributed by atoms with Crippen LogP contribution in [-0.2, 0) is 6.61 Å².